The summed E-state index contributed by atoms with van der Waals surface area (Å²) in [5, 5.41) is 7.60. The fourth-order valence-electron chi connectivity index (χ4n) is 1.18. The lowest BCUT2D eigenvalue weighted by Crippen LogP contribution is -2.22. The highest BCUT2D eigenvalue weighted by Crippen LogP contribution is 2.12. The van der Waals surface area contributed by atoms with Gasteiger partial charge < -0.3 is 5.32 Å². The van der Waals surface area contributed by atoms with E-state index in [2.05, 4.69) is 5.32 Å². The molecule has 0 unspecified atom stereocenters. The maximum Gasteiger partial charge on any atom is 0.210 e. The van der Waals surface area contributed by atoms with Crippen LogP contribution in [0, 0.1) is 12.7 Å². The van der Waals surface area contributed by atoms with E-state index in [4.69, 9.17) is 5.14 Å². The number of rotatable bonds is 4. The van der Waals surface area contributed by atoms with Gasteiger partial charge in [0.2, 0.25) is 10.0 Å². The van der Waals surface area contributed by atoms with Crippen LogP contribution in [-0.4, -0.2) is 20.7 Å². The van der Waals surface area contributed by atoms with Gasteiger partial charge in [-0.15, -0.1) is 0 Å². The Hall–Kier alpha value is -1.14. The average Bonchev–Trinajstić information content (AvgIpc) is 1.99. The van der Waals surface area contributed by atoms with Crippen LogP contribution < -0.4 is 10.5 Å². The van der Waals surface area contributed by atoms with E-state index in [0.29, 0.717) is 5.69 Å². The molecule has 0 aliphatic carbocycles. The first-order chi connectivity index (χ1) is 6.87. The van der Waals surface area contributed by atoms with Gasteiger partial charge in [-0.1, -0.05) is 0 Å². The molecule has 0 bridgehead atoms. The van der Waals surface area contributed by atoms with Gasteiger partial charge in [0.25, 0.3) is 0 Å². The molecule has 1 aromatic rings. The molecule has 0 spiro atoms. The zero-order chi connectivity index (χ0) is 11.5. The Morgan fingerprint density at radius 2 is 2.07 bits per heavy atom. The lowest BCUT2D eigenvalue weighted by molar-refractivity contribution is 0.598. The first-order valence-electron chi connectivity index (χ1n) is 4.38. The molecule has 0 saturated heterocycles. The molecule has 1 aromatic carbocycles. The minimum atomic E-state index is -3.47. The van der Waals surface area contributed by atoms with Gasteiger partial charge in [-0.3, -0.25) is 0 Å². The number of hydrogen-bond donors (Lipinski definition) is 2. The van der Waals surface area contributed by atoms with Gasteiger partial charge >= 0.3 is 0 Å². The molecule has 0 heterocycles. The minimum Gasteiger partial charge on any atom is -0.384 e. The normalized spacial score (nSPS) is 11.4. The van der Waals surface area contributed by atoms with Crippen LogP contribution in [-0.2, 0) is 10.0 Å². The number of nitrogens with one attached hydrogen (secondary N) is 1. The summed E-state index contributed by atoms with van der Waals surface area (Å²) < 4.78 is 34.1. The van der Waals surface area contributed by atoms with E-state index in [1.165, 1.54) is 12.1 Å². The maximum atomic E-state index is 12.9. The lowest BCUT2D eigenvalue weighted by Gasteiger charge is -2.06. The fourth-order valence-corrected chi connectivity index (χ4v) is 1.56. The van der Waals surface area contributed by atoms with E-state index >= 15 is 0 Å². The molecule has 0 aromatic heterocycles. The van der Waals surface area contributed by atoms with E-state index in [-0.39, 0.29) is 18.1 Å². The molecule has 84 valence electrons. The summed E-state index contributed by atoms with van der Waals surface area (Å²) in [5.74, 6) is -0.532. The van der Waals surface area contributed by atoms with Crippen LogP contribution in [0.2, 0.25) is 0 Å². The average molecular weight is 232 g/mol. The summed E-state index contributed by atoms with van der Waals surface area (Å²) in [6.07, 6.45) is 0. The molecule has 0 radical (unpaired) electrons. The molecule has 3 N–H and O–H groups in total. The van der Waals surface area contributed by atoms with Crippen molar-refractivity contribution in [1.29, 1.82) is 0 Å². The topological polar surface area (TPSA) is 72.2 Å². The van der Waals surface area contributed by atoms with Gasteiger partial charge in [0.1, 0.15) is 5.82 Å². The van der Waals surface area contributed by atoms with Crippen LogP contribution >= 0.6 is 0 Å². The number of aryl methyl sites for hydroxylation is 1. The molecular weight excluding hydrogens is 219 g/mol. The molecule has 0 amide bonds. The van der Waals surface area contributed by atoms with Crippen molar-refractivity contribution >= 4 is 15.7 Å². The number of sulfonamides is 1. The molecule has 0 atom stereocenters. The number of hydrogen-bond acceptors (Lipinski definition) is 3. The van der Waals surface area contributed by atoms with Crippen molar-refractivity contribution in [2.24, 2.45) is 5.14 Å². The molecule has 4 nitrogen and oxygen atoms in total. The Labute approximate surface area is 88.3 Å². The fraction of sp³-hybridized carbons (Fsp3) is 0.333. The van der Waals surface area contributed by atoms with Crippen LogP contribution in [0.25, 0.3) is 0 Å². The van der Waals surface area contributed by atoms with Crippen molar-refractivity contribution in [3.8, 4) is 0 Å². The Kier molecular flexibility index (Phi) is 3.65. The van der Waals surface area contributed by atoms with Crippen molar-refractivity contribution in [3.05, 3.63) is 29.6 Å². The number of benzene rings is 1. The zero-order valence-corrected chi connectivity index (χ0v) is 9.14. The van der Waals surface area contributed by atoms with Crippen molar-refractivity contribution in [2.75, 3.05) is 17.6 Å². The van der Waals surface area contributed by atoms with Gasteiger partial charge in [0.15, 0.2) is 0 Å². The molecule has 0 fully saturated rings. The summed E-state index contributed by atoms with van der Waals surface area (Å²) in [5.41, 5.74) is 1.32. The second kappa shape index (κ2) is 4.59. The summed E-state index contributed by atoms with van der Waals surface area (Å²) in [6.45, 7) is 1.93. The highest BCUT2D eigenvalue weighted by atomic mass is 32.2. The molecular formula is C9H13FN2O2S. The van der Waals surface area contributed by atoms with E-state index in [9.17, 15) is 12.8 Å². The third-order valence-corrected chi connectivity index (χ3v) is 2.53. The summed E-state index contributed by atoms with van der Waals surface area (Å²) in [4.78, 5) is 0. The van der Waals surface area contributed by atoms with E-state index in [0.717, 1.165) is 5.56 Å². The second-order valence-electron chi connectivity index (χ2n) is 3.31. The zero-order valence-electron chi connectivity index (χ0n) is 8.33. The standard InChI is InChI=1S/C9H13FN2O2S/c1-7-4-8(10)6-9(5-7)12-2-3-15(11,13)14/h4-6,12H,2-3H2,1H3,(H2,11,13,14). The number of anilines is 1. The number of primary sulfonamides is 1. The quantitative estimate of drug-likeness (QED) is 0.807. The van der Waals surface area contributed by atoms with Gasteiger partial charge in [-0.05, 0) is 30.7 Å². The summed E-state index contributed by atoms with van der Waals surface area (Å²) >= 11 is 0. The molecule has 0 saturated carbocycles. The Morgan fingerprint density at radius 3 is 2.60 bits per heavy atom. The number of halogens is 1. The van der Waals surface area contributed by atoms with E-state index in [1.807, 2.05) is 0 Å². The molecule has 6 heteroatoms. The first kappa shape index (κ1) is 11.9. The summed E-state index contributed by atoms with van der Waals surface area (Å²) in [6, 6.07) is 4.42. The predicted molar refractivity (Wildman–Crippen MR) is 57.6 cm³/mol. The third kappa shape index (κ3) is 4.75. The Balaban J connectivity index is 2.58. The second-order valence-corrected chi connectivity index (χ2v) is 5.04. The third-order valence-electron chi connectivity index (χ3n) is 1.76. The molecule has 0 aliphatic rings. The lowest BCUT2D eigenvalue weighted by atomic mass is 10.2. The van der Waals surface area contributed by atoms with E-state index < -0.39 is 10.0 Å². The Morgan fingerprint density at radius 1 is 1.40 bits per heavy atom. The van der Waals surface area contributed by atoms with Gasteiger partial charge in [0.05, 0.1) is 5.75 Å². The molecule has 1 rings (SSSR count). The summed E-state index contributed by atoms with van der Waals surface area (Å²) in [7, 11) is -3.47. The highest BCUT2D eigenvalue weighted by molar-refractivity contribution is 7.89. The Bertz CT molecular complexity index is 425. The van der Waals surface area contributed by atoms with Crippen LogP contribution in [0.5, 0.6) is 0 Å². The SMILES string of the molecule is Cc1cc(F)cc(NCCS(N)(=O)=O)c1. The van der Waals surface area contributed by atoms with Crippen molar-refractivity contribution in [1.82, 2.24) is 0 Å². The monoisotopic (exact) mass is 232 g/mol. The van der Waals surface area contributed by atoms with Crippen LogP contribution in [0.4, 0.5) is 10.1 Å². The van der Waals surface area contributed by atoms with Crippen molar-refractivity contribution in [2.45, 2.75) is 6.92 Å². The van der Waals surface area contributed by atoms with Gasteiger partial charge in [-0.2, -0.15) is 0 Å². The number of nitrogens with two attached hydrogens (primary N) is 1. The van der Waals surface area contributed by atoms with Crippen LogP contribution in [0.1, 0.15) is 5.56 Å². The van der Waals surface area contributed by atoms with Gasteiger partial charge in [0, 0.05) is 12.2 Å². The first-order valence-corrected chi connectivity index (χ1v) is 6.10. The van der Waals surface area contributed by atoms with E-state index in [1.54, 1.807) is 13.0 Å². The molecule has 15 heavy (non-hydrogen) atoms. The van der Waals surface area contributed by atoms with Crippen molar-refractivity contribution < 1.29 is 12.8 Å². The maximum absolute atomic E-state index is 12.9. The van der Waals surface area contributed by atoms with Crippen molar-refractivity contribution in [3.63, 3.8) is 0 Å². The highest BCUT2D eigenvalue weighted by Gasteiger charge is 2.02. The largest absolute Gasteiger partial charge is 0.384 e. The smallest absolute Gasteiger partial charge is 0.210 e. The van der Waals surface area contributed by atoms with Crippen LogP contribution in [0.3, 0.4) is 0 Å². The minimum absolute atomic E-state index is 0.168. The molecule has 0 aliphatic heterocycles. The predicted octanol–water partition coefficient (Wildman–Crippen LogP) is 0.835. The van der Waals surface area contributed by atoms with Gasteiger partial charge in [-0.25, -0.2) is 17.9 Å². The van der Waals surface area contributed by atoms with Crippen LogP contribution in [0.15, 0.2) is 18.2 Å².